The molecule has 1 saturated carbocycles. The van der Waals surface area contributed by atoms with Crippen LogP contribution in [0.5, 0.6) is 5.75 Å². The Labute approximate surface area is 117 Å². The number of aromatic hydroxyl groups is 1. The van der Waals surface area contributed by atoms with Gasteiger partial charge in [-0.05, 0) is 31.0 Å². The lowest BCUT2D eigenvalue weighted by Crippen LogP contribution is -2.04. The van der Waals surface area contributed by atoms with Gasteiger partial charge in [0.2, 0.25) is 5.95 Å². The predicted octanol–water partition coefficient (Wildman–Crippen LogP) is 2.14. The number of anilines is 1. The third kappa shape index (κ3) is 2.16. The zero-order valence-electron chi connectivity index (χ0n) is 11.1. The molecule has 1 aliphatic rings. The van der Waals surface area contributed by atoms with Crippen molar-refractivity contribution in [2.24, 2.45) is 0 Å². The maximum absolute atomic E-state index is 10.1. The Morgan fingerprint density at radius 3 is 2.75 bits per heavy atom. The van der Waals surface area contributed by atoms with Crippen molar-refractivity contribution in [2.75, 3.05) is 12.4 Å². The van der Waals surface area contributed by atoms with Crippen molar-refractivity contribution in [1.82, 2.24) is 15.2 Å². The van der Waals surface area contributed by atoms with Crippen molar-refractivity contribution in [3.63, 3.8) is 0 Å². The van der Waals surface area contributed by atoms with Crippen LogP contribution in [-0.4, -0.2) is 27.3 Å². The number of benzene rings is 1. The summed E-state index contributed by atoms with van der Waals surface area (Å²) in [6.45, 7) is 0. The highest BCUT2D eigenvalue weighted by molar-refractivity contribution is 5.70. The fourth-order valence-electron chi connectivity index (χ4n) is 2.10. The fraction of sp³-hybridized carbons (Fsp3) is 0.267. The molecule has 0 atom stereocenters. The van der Waals surface area contributed by atoms with Crippen LogP contribution in [0.1, 0.15) is 30.0 Å². The monoisotopic (exact) mass is 266 g/mol. The molecule has 100 valence electrons. The Bertz CT molecular complexity index is 702. The molecule has 1 heterocycles. The minimum absolute atomic E-state index is 0.107. The number of rotatable bonds is 3. The second-order valence-corrected chi connectivity index (χ2v) is 4.77. The van der Waals surface area contributed by atoms with Crippen molar-refractivity contribution >= 4 is 5.95 Å². The standard InChI is InChI=1S/C15H14N4O/c1-3-9-4-7-11(12(20)8-9)14-13(10-5-6-10)17-15(16-2)19-18-14/h1,4,7-8,10,20H,5-6H2,2H3,(H,16,17,19). The number of aromatic nitrogens is 3. The maximum atomic E-state index is 10.1. The number of terminal acetylenes is 1. The van der Waals surface area contributed by atoms with Crippen molar-refractivity contribution in [3.05, 3.63) is 29.5 Å². The smallest absolute Gasteiger partial charge is 0.242 e. The highest BCUT2D eigenvalue weighted by atomic mass is 16.3. The molecule has 0 unspecified atom stereocenters. The number of nitrogens with zero attached hydrogens (tertiary/aromatic N) is 3. The van der Waals surface area contributed by atoms with Gasteiger partial charge in [-0.2, -0.15) is 0 Å². The Hall–Kier alpha value is -2.61. The highest BCUT2D eigenvalue weighted by Gasteiger charge is 2.30. The third-order valence-corrected chi connectivity index (χ3v) is 3.32. The Kier molecular flexibility index (Phi) is 2.99. The van der Waals surface area contributed by atoms with Crippen LogP contribution < -0.4 is 5.32 Å². The zero-order valence-corrected chi connectivity index (χ0v) is 11.1. The van der Waals surface area contributed by atoms with Gasteiger partial charge in [0.15, 0.2) is 0 Å². The molecule has 0 bridgehead atoms. The van der Waals surface area contributed by atoms with Gasteiger partial charge in [0.05, 0.1) is 5.69 Å². The van der Waals surface area contributed by atoms with E-state index in [0.717, 1.165) is 18.5 Å². The van der Waals surface area contributed by atoms with E-state index in [4.69, 9.17) is 6.42 Å². The van der Waals surface area contributed by atoms with Gasteiger partial charge in [0.25, 0.3) is 0 Å². The van der Waals surface area contributed by atoms with Crippen LogP contribution >= 0.6 is 0 Å². The average Bonchev–Trinajstić information content (AvgIpc) is 3.31. The Morgan fingerprint density at radius 2 is 2.15 bits per heavy atom. The molecule has 5 nitrogen and oxygen atoms in total. The first kappa shape index (κ1) is 12.4. The summed E-state index contributed by atoms with van der Waals surface area (Å²) in [7, 11) is 1.76. The first-order chi connectivity index (χ1) is 9.72. The van der Waals surface area contributed by atoms with E-state index in [1.54, 1.807) is 25.2 Å². The van der Waals surface area contributed by atoms with Crippen LogP contribution in [-0.2, 0) is 0 Å². The van der Waals surface area contributed by atoms with Crippen molar-refractivity contribution in [1.29, 1.82) is 0 Å². The van der Waals surface area contributed by atoms with Crippen molar-refractivity contribution in [3.8, 4) is 29.4 Å². The molecule has 2 aromatic rings. The third-order valence-electron chi connectivity index (χ3n) is 3.32. The summed E-state index contributed by atoms with van der Waals surface area (Å²) in [4.78, 5) is 4.48. The molecular weight excluding hydrogens is 252 g/mol. The van der Waals surface area contributed by atoms with Crippen LogP contribution in [0.2, 0.25) is 0 Å². The quantitative estimate of drug-likeness (QED) is 0.833. The maximum Gasteiger partial charge on any atom is 0.242 e. The molecule has 0 saturated heterocycles. The van der Waals surface area contributed by atoms with Crippen molar-refractivity contribution in [2.45, 2.75) is 18.8 Å². The van der Waals surface area contributed by atoms with Crippen LogP contribution in [0.15, 0.2) is 18.2 Å². The summed E-state index contributed by atoms with van der Waals surface area (Å²) in [6.07, 6.45) is 7.51. The van der Waals surface area contributed by atoms with Crippen LogP contribution in [0.3, 0.4) is 0 Å². The van der Waals surface area contributed by atoms with E-state index in [1.165, 1.54) is 0 Å². The molecule has 5 heteroatoms. The summed E-state index contributed by atoms with van der Waals surface area (Å²) in [5.74, 6) is 3.50. The molecule has 0 amide bonds. The van der Waals surface area contributed by atoms with Crippen LogP contribution in [0, 0.1) is 12.3 Å². The van der Waals surface area contributed by atoms with Gasteiger partial charge in [0.1, 0.15) is 11.4 Å². The summed E-state index contributed by atoms with van der Waals surface area (Å²) >= 11 is 0. The minimum atomic E-state index is 0.107. The normalized spacial score (nSPS) is 13.8. The largest absolute Gasteiger partial charge is 0.507 e. The Morgan fingerprint density at radius 1 is 1.35 bits per heavy atom. The summed E-state index contributed by atoms with van der Waals surface area (Å²) in [5, 5.41) is 21.2. The zero-order chi connectivity index (χ0) is 14.1. The van der Waals surface area contributed by atoms with Crippen molar-refractivity contribution < 1.29 is 5.11 Å². The number of nitrogens with one attached hydrogen (secondary N) is 1. The van der Waals surface area contributed by atoms with E-state index in [2.05, 4.69) is 26.4 Å². The van der Waals surface area contributed by atoms with Gasteiger partial charge in [-0.25, -0.2) is 4.98 Å². The van der Waals surface area contributed by atoms with E-state index in [0.29, 0.717) is 28.7 Å². The number of hydrogen-bond donors (Lipinski definition) is 2. The van der Waals surface area contributed by atoms with Gasteiger partial charge >= 0.3 is 0 Å². The SMILES string of the molecule is C#Cc1ccc(-c2nnc(NC)nc2C2CC2)c(O)c1. The molecular formula is C15H14N4O. The molecule has 1 aliphatic carbocycles. The first-order valence-electron chi connectivity index (χ1n) is 6.45. The number of hydrogen-bond acceptors (Lipinski definition) is 5. The molecule has 0 spiro atoms. The lowest BCUT2D eigenvalue weighted by Gasteiger charge is -2.09. The molecule has 1 aromatic heterocycles. The van der Waals surface area contributed by atoms with E-state index in [9.17, 15) is 5.11 Å². The highest BCUT2D eigenvalue weighted by Crippen LogP contribution is 2.44. The summed E-state index contributed by atoms with van der Waals surface area (Å²) < 4.78 is 0. The second kappa shape index (κ2) is 4.82. The molecule has 3 rings (SSSR count). The van der Waals surface area contributed by atoms with E-state index >= 15 is 0 Å². The average molecular weight is 266 g/mol. The Balaban J connectivity index is 2.12. The second-order valence-electron chi connectivity index (χ2n) is 4.77. The van der Waals surface area contributed by atoms with E-state index in [1.807, 2.05) is 0 Å². The van der Waals surface area contributed by atoms with Gasteiger partial charge in [-0.3, -0.25) is 0 Å². The van der Waals surface area contributed by atoms with E-state index in [-0.39, 0.29) is 5.75 Å². The molecule has 1 aromatic carbocycles. The lowest BCUT2D eigenvalue weighted by atomic mass is 10.0. The summed E-state index contributed by atoms with van der Waals surface area (Å²) in [5.41, 5.74) is 2.77. The summed E-state index contributed by atoms with van der Waals surface area (Å²) in [6, 6.07) is 5.10. The lowest BCUT2D eigenvalue weighted by molar-refractivity contribution is 0.476. The number of phenolic OH excluding ortho intramolecular Hbond substituents is 1. The molecule has 0 radical (unpaired) electrons. The van der Waals surface area contributed by atoms with Gasteiger partial charge in [-0.15, -0.1) is 16.6 Å². The minimum Gasteiger partial charge on any atom is -0.507 e. The fourth-order valence-corrected chi connectivity index (χ4v) is 2.10. The van der Waals surface area contributed by atoms with E-state index < -0.39 is 0 Å². The predicted molar refractivity (Wildman–Crippen MR) is 76.4 cm³/mol. The molecule has 2 N–H and O–H groups in total. The van der Waals surface area contributed by atoms with Gasteiger partial charge < -0.3 is 10.4 Å². The van der Waals surface area contributed by atoms with Crippen LogP contribution in [0.4, 0.5) is 5.95 Å². The van der Waals surface area contributed by atoms with Gasteiger partial charge in [0, 0.05) is 24.1 Å². The van der Waals surface area contributed by atoms with Gasteiger partial charge in [-0.1, -0.05) is 5.92 Å². The topological polar surface area (TPSA) is 70.9 Å². The first-order valence-corrected chi connectivity index (χ1v) is 6.45. The molecule has 1 fully saturated rings. The molecule has 0 aliphatic heterocycles. The number of phenols is 1. The molecule has 20 heavy (non-hydrogen) atoms. The van der Waals surface area contributed by atoms with Crippen LogP contribution in [0.25, 0.3) is 11.3 Å².